The number of hydrogen-bond donors (Lipinski definition) is 3. The van der Waals surface area contributed by atoms with Crippen molar-refractivity contribution in [3.63, 3.8) is 0 Å². The minimum atomic E-state index is -3.79. The Labute approximate surface area is 187 Å². The third-order valence-electron chi connectivity index (χ3n) is 5.33. The van der Waals surface area contributed by atoms with E-state index in [0.29, 0.717) is 23.4 Å². The summed E-state index contributed by atoms with van der Waals surface area (Å²) in [5.74, 6) is 1.64. The molecule has 2 aromatic carbocycles. The van der Waals surface area contributed by atoms with Gasteiger partial charge in [0.2, 0.25) is 0 Å². The predicted octanol–water partition coefficient (Wildman–Crippen LogP) is 5.21. The van der Waals surface area contributed by atoms with E-state index in [0.717, 1.165) is 36.5 Å². The lowest BCUT2D eigenvalue weighted by molar-refractivity contribution is 0.462. The third kappa shape index (κ3) is 5.73. The minimum absolute atomic E-state index is 0.00411. The first-order valence-electron chi connectivity index (χ1n) is 10.7. The monoisotopic (exact) mass is 455 g/mol. The number of hydrogen-bond acceptors (Lipinski definition) is 6. The van der Waals surface area contributed by atoms with Gasteiger partial charge < -0.3 is 10.6 Å². The van der Waals surface area contributed by atoms with Crippen LogP contribution in [0.25, 0.3) is 0 Å². The van der Waals surface area contributed by atoms with Crippen molar-refractivity contribution >= 4 is 33.0 Å². The SMILES string of the molecule is Cc1nc(Nc2ccc(NS(=O)(=O)c3ccc(F)cc3)cc2)cc(NC2CCCCC2)n1. The van der Waals surface area contributed by atoms with Crippen LogP contribution >= 0.6 is 0 Å². The fourth-order valence-electron chi connectivity index (χ4n) is 3.76. The number of nitrogens with zero attached hydrogens (tertiary/aromatic N) is 2. The first-order valence-corrected chi connectivity index (χ1v) is 12.1. The highest BCUT2D eigenvalue weighted by Crippen LogP contribution is 2.24. The molecule has 4 rings (SSSR count). The lowest BCUT2D eigenvalue weighted by Gasteiger charge is -2.23. The summed E-state index contributed by atoms with van der Waals surface area (Å²) in [6.45, 7) is 1.85. The molecule has 0 saturated heterocycles. The summed E-state index contributed by atoms with van der Waals surface area (Å²) in [4.78, 5) is 8.94. The molecular formula is C23H26FN5O2S. The van der Waals surface area contributed by atoms with Crippen molar-refractivity contribution < 1.29 is 12.8 Å². The zero-order valence-electron chi connectivity index (χ0n) is 17.8. The maximum Gasteiger partial charge on any atom is 0.261 e. The largest absolute Gasteiger partial charge is 0.367 e. The van der Waals surface area contributed by atoms with E-state index in [1.54, 1.807) is 24.3 Å². The molecule has 3 N–H and O–H groups in total. The highest BCUT2D eigenvalue weighted by Gasteiger charge is 2.15. The van der Waals surface area contributed by atoms with Gasteiger partial charge in [-0.1, -0.05) is 19.3 Å². The lowest BCUT2D eigenvalue weighted by atomic mass is 9.95. The van der Waals surface area contributed by atoms with Crippen molar-refractivity contribution in [1.82, 2.24) is 9.97 Å². The molecule has 168 valence electrons. The second-order valence-electron chi connectivity index (χ2n) is 7.93. The summed E-state index contributed by atoms with van der Waals surface area (Å²) in [5.41, 5.74) is 1.16. The van der Waals surface area contributed by atoms with Crippen molar-refractivity contribution in [3.05, 3.63) is 66.2 Å². The van der Waals surface area contributed by atoms with Crippen LogP contribution in [0.5, 0.6) is 0 Å². The number of benzene rings is 2. The Kier molecular flexibility index (Phi) is 6.55. The molecule has 1 heterocycles. The summed E-state index contributed by atoms with van der Waals surface area (Å²) in [5, 5.41) is 6.75. The Balaban J connectivity index is 1.42. The first-order chi connectivity index (χ1) is 15.4. The lowest BCUT2D eigenvalue weighted by Crippen LogP contribution is -2.23. The van der Waals surface area contributed by atoms with Crippen LogP contribution in [0.1, 0.15) is 37.9 Å². The quantitative estimate of drug-likeness (QED) is 0.452. The van der Waals surface area contributed by atoms with Crippen molar-refractivity contribution in [2.45, 2.75) is 50.0 Å². The zero-order chi connectivity index (χ0) is 22.6. The van der Waals surface area contributed by atoms with Crippen LogP contribution in [0.4, 0.5) is 27.4 Å². The summed E-state index contributed by atoms with van der Waals surface area (Å²) in [7, 11) is -3.79. The smallest absolute Gasteiger partial charge is 0.261 e. The van der Waals surface area contributed by atoms with Crippen LogP contribution in [0.3, 0.4) is 0 Å². The van der Waals surface area contributed by atoms with E-state index in [2.05, 4.69) is 25.3 Å². The van der Waals surface area contributed by atoms with Gasteiger partial charge in [-0.25, -0.2) is 22.8 Å². The Morgan fingerprint density at radius 1 is 0.875 bits per heavy atom. The Hall–Kier alpha value is -3.20. The molecule has 0 bridgehead atoms. The molecule has 0 unspecified atom stereocenters. The predicted molar refractivity (Wildman–Crippen MR) is 124 cm³/mol. The number of aromatic nitrogens is 2. The van der Waals surface area contributed by atoms with Crippen LogP contribution in [0.2, 0.25) is 0 Å². The average molecular weight is 456 g/mol. The molecule has 7 nitrogen and oxygen atoms in total. The van der Waals surface area contributed by atoms with Gasteiger partial charge in [0.05, 0.1) is 4.90 Å². The maximum atomic E-state index is 13.1. The van der Waals surface area contributed by atoms with E-state index in [-0.39, 0.29) is 4.90 Å². The van der Waals surface area contributed by atoms with Gasteiger partial charge in [0, 0.05) is 23.5 Å². The molecule has 0 amide bonds. The van der Waals surface area contributed by atoms with Crippen molar-refractivity contribution in [1.29, 1.82) is 0 Å². The van der Waals surface area contributed by atoms with Crippen LogP contribution in [-0.2, 0) is 10.0 Å². The van der Waals surface area contributed by atoms with Crippen LogP contribution in [0.15, 0.2) is 59.5 Å². The number of aryl methyl sites for hydroxylation is 1. The van der Waals surface area contributed by atoms with E-state index < -0.39 is 15.8 Å². The van der Waals surface area contributed by atoms with Crippen molar-refractivity contribution in [2.24, 2.45) is 0 Å². The molecule has 1 aliphatic rings. The van der Waals surface area contributed by atoms with Crippen LogP contribution in [-0.4, -0.2) is 24.4 Å². The molecule has 1 saturated carbocycles. The number of anilines is 4. The maximum absolute atomic E-state index is 13.1. The third-order valence-corrected chi connectivity index (χ3v) is 6.73. The first kappa shape index (κ1) is 22.0. The van der Waals surface area contributed by atoms with Gasteiger partial charge >= 0.3 is 0 Å². The number of sulfonamides is 1. The average Bonchev–Trinajstić information content (AvgIpc) is 2.75. The molecule has 0 radical (unpaired) electrons. The van der Waals surface area contributed by atoms with Gasteiger partial charge in [0.15, 0.2) is 0 Å². The molecule has 0 atom stereocenters. The Morgan fingerprint density at radius 2 is 1.50 bits per heavy atom. The van der Waals surface area contributed by atoms with Crippen molar-refractivity contribution in [2.75, 3.05) is 15.4 Å². The number of nitrogens with one attached hydrogen (secondary N) is 3. The molecule has 32 heavy (non-hydrogen) atoms. The fraction of sp³-hybridized carbons (Fsp3) is 0.304. The second-order valence-corrected chi connectivity index (χ2v) is 9.61. The standard InChI is InChI=1S/C23H26FN5O2S/c1-16-25-22(27-18-5-3-2-4-6-18)15-23(26-16)28-19-9-11-20(12-10-19)29-32(30,31)21-13-7-17(24)8-14-21/h7-15,18,29H,2-6H2,1H3,(H2,25,26,27,28). The molecular weight excluding hydrogens is 429 g/mol. The normalized spacial score (nSPS) is 14.7. The van der Waals surface area contributed by atoms with E-state index >= 15 is 0 Å². The van der Waals surface area contributed by atoms with E-state index in [1.807, 2.05) is 13.0 Å². The van der Waals surface area contributed by atoms with Gasteiger partial charge in [0.1, 0.15) is 23.3 Å². The molecule has 9 heteroatoms. The van der Waals surface area contributed by atoms with Crippen LogP contribution < -0.4 is 15.4 Å². The molecule has 1 aromatic heterocycles. The van der Waals surface area contributed by atoms with Crippen molar-refractivity contribution in [3.8, 4) is 0 Å². The Morgan fingerprint density at radius 3 is 2.19 bits per heavy atom. The fourth-order valence-corrected chi connectivity index (χ4v) is 4.82. The summed E-state index contributed by atoms with van der Waals surface area (Å²) in [6, 6.07) is 13.8. The Bertz CT molecular complexity index is 1160. The molecule has 0 aliphatic heterocycles. The number of rotatable bonds is 7. The summed E-state index contributed by atoms with van der Waals surface area (Å²) < 4.78 is 40.5. The van der Waals surface area contributed by atoms with Crippen LogP contribution in [0, 0.1) is 12.7 Å². The highest BCUT2D eigenvalue weighted by atomic mass is 32.2. The molecule has 0 spiro atoms. The second kappa shape index (κ2) is 9.52. The summed E-state index contributed by atoms with van der Waals surface area (Å²) in [6.07, 6.45) is 6.08. The highest BCUT2D eigenvalue weighted by molar-refractivity contribution is 7.92. The van der Waals surface area contributed by atoms with Gasteiger partial charge in [-0.15, -0.1) is 0 Å². The molecule has 3 aromatic rings. The number of halogens is 1. The van der Waals surface area contributed by atoms with Gasteiger partial charge in [-0.05, 0) is 68.3 Å². The van der Waals surface area contributed by atoms with E-state index in [4.69, 9.17) is 0 Å². The van der Waals surface area contributed by atoms with Gasteiger partial charge in [-0.2, -0.15) is 0 Å². The van der Waals surface area contributed by atoms with Gasteiger partial charge in [-0.3, -0.25) is 4.72 Å². The van der Waals surface area contributed by atoms with E-state index in [9.17, 15) is 12.8 Å². The van der Waals surface area contributed by atoms with Gasteiger partial charge in [0.25, 0.3) is 10.0 Å². The molecule has 1 fully saturated rings. The zero-order valence-corrected chi connectivity index (χ0v) is 18.6. The summed E-state index contributed by atoms with van der Waals surface area (Å²) >= 11 is 0. The molecule has 1 aliphatic carbocycles. The minimum Gasteiger partial charge on any atom is -0.367 e. The topological polar surface area (TPSA) is 96.0 Å². The van der Waals surface area contributed by atoms with E-state index in [1.165, 1.54) is 31.4 Å².